The zero-order valence-corrected chi connectivity index (χ0v) is 11.0. The van der Waals surface area contributed by atoms with Crippen LogP contribution < -0.4 is 0 Å². The first-order chi connectivity index (χ1) is 7.56. The van der Waals surface area contributed by atoms with Gasteiger partial charge in [-0.15, -0.1) is 0 Å². The third-order valence-corrected chi connectivity index (χ3v) is 3.33. The summed E-state index contributed by atoms with van der Waals surface area (Å²) in [5.41, 5.74) is 1.38. The Morgan fingerprint density at radius 3 is 2.75 bits per heavy atom. The number of rotatable bonds is 6. The lowest BCUT2D eigenvalue weighted by Gasteiger charge is -2.09. The van der Waals surface area contributed by atoms with Crippen LogP contribution in [0, 0.1) is 17.8 Å². The Morgan fingerprint density at radius 1 is 1.50 bits per heavy atom. The van der Waals surface area contributed by atoms with E-state index in [1.165, 1.54) is 12.0 Å². The molecule has 0 saturated heterocycles. The van der Waals surface area contributed by atoms with Gasteiger partial charge in [0.1, 0.15) is 0 Å². The first-order valence-electron chi connectivity index (χ1n) is 6.36. The second-order valence-electron chi connectivity index (χ2n) is 5.09. The van der Waals surface area contributed by atoms with Crippen molar-refractivity contribution in [3.8, 4) is 0 Å². The van der Waals surface area contributed by atoms with Gasteiger partial charge in [0.25, 0.3) is 0 Å². The Balaban J connectivity index is 2.23. The maximum Gasteiger partial charge on any atom is 0.309 e. The van der Waals surface area contributed by atoms with Gasteiger partial charge in [0.15, 0.2) is 0 Å². The highest BCUT2D eigenvalue weighted by Gasteiger charge is 2.46. The van der Waals surface area contributed by atoms with Gasteiger partial charge in [-0.2, -0.15) is 0 Å². The lowest BCUT2D eigenvalue weighted by molar-refractivity contribution is -0.145. The molecule has 2 heteroatoms. The molecule has 3 unspecified atom stereocenters. The Bertz CT molecular complexity index is 264. The van der Waals surface area contributed by atoms with Gasteiger partial charge in [0, 0.05) is 0 Å². The number of hydrogen-bond acceptors (Lipinski definition) is 2. The molecule has 0 N–H and O–H groups in total. The van der Waals surface area contributed by atoms with Gasteiger partial charge in [-0.25, -0.2) is 0 Å². The molecule has 1 rings (SSSR count). The van der Waals surface area contributed by atoms with Crippen LogP contribution in [-0.4, -0.2) is 12.6 Å². The first kappa shape index (κ1) is 13.3. The van der Waals surface area contributed by atoms with E-state index >= 15 is 0 Å². The molecule has 0 radical (unpaired) electrons. The fourth-order valence-electron chi connectivity index (χ4n) is 2.21. The van der Waals surface area contributed by atoms with Gasteiger partial charge in [-0.1, -0.05) is 18.6 Å². The van der Waals surface area contributed by atoms with Crippen LogP contribution in [0.25, 0.3) is 0 Å². The summed E-state index contributed by atoms with van der Waals surface area (Å²) in [6, 6.07) is 0. The van der Waals surface area contributed by atoms with E-state index in [1.54, 1.807) is 0 Å². The minimum Gasteiger partial charge on any atom is -0.466 e. The number of allylic oxidation sites excluding steroid dienone is 2. The van der Waals surface area contributed by atoms with Gasteiger partial charge < -0.3 is 4.74 Å². The highest BCUT2D eigenvalue weighted by Crippen LogP contribution is 2.46. The number of ether oxygens (including phenoxy) is 1. The Kier molecular flexibility index (Phi) is 5.04. The number of carbonyl (C=O) groups is 1. The number of esters is 1. The highest BCUT2D eigenvalue weighted by molar-refractivity contribution is 5.75. The molecule has 0 aromatic rings. The second-order valence-corrected chi connectivity index (χ2v) is 5.09. The van der Waals surface area contributed by atoms with Crippen LogP contribution in [0.4, 0.5) is 0 Å². The minimum absolute atomic E-state index is 0.0153. The van der Waals surface area contributed by atoms with Crippen LogP contribution >= 0.6 is 0 Å². The third-order valence-electron chi connectivity index (χ3n) is 3.33. The summed E-state index contributed by atoms with van der Waals surface area (Å²) in [5, 5.41) is 0. The molecule has 0 bridgehead atoms. The predicted octanol–water partition coefficient (Wildman–Crippen LogP) is 3.57. The maximum atomic E-state index is 11.5. The highest BCUT2D eigenvalue weighted by atomic mass is 16.5. The quantitative estimate of drug-likeness (QED) is 0.509. The van der Waals surface area contributed by atoms with Crippen LogP contribution in [-0.2, 0) is 9.53 Å². The predicted molar refractivity (Wildman–Crippen MR) is 66.1 cm³/mol. The summed E-state index contributed by atoms with van der Waals surface area (Å²) < 4.78 is 5.04. The molecular formula is C14H24O2. The zero-order chi connectivity index (χ0) is 12.1. The Labute approximate surface area is 99.1 Å². The van der Waals surface area contributed by atoms with Crippen molar-refractivity contribution in [1.82, 2.24) is 0 Å². The molecule has 1 fully saturated rings. The van der Waals surface area contributed by atoms with Crippen molar-refractivity contribution in [3.05, 3.63) is 11.6 Å². The first-order valence-corrected chi connectivity index (χ1v) is 6.36. The van der Waals surface area contributed by atoms with Crippen molar-refractivity contribution in [1.29, 1.82) is 0 Å². The smallest absolute Gasteiger partial charge is 0.309 e. The molecule has 0 aromatic carbocycles. The Hall–Kier alpha value is -0.790. The van der Waals surface area contributed by atoms with E-state index in [9.17, 15) is 4.79 Å². The summed E-state index contributed by atoms with van der Waals surface area (Å²) in [6.07, 6.45) is 5.63. The van der Waals surface area contributed by atoms with Crippen molar-refractivity contribution < 1.29 is 9.53 Å². The molecule has 1 aliphatic carbocycles. The summed E-state index contributed by atoms with van der Waals surface area (Å²) in [4.78, 5) is 11.5. The molecule has 0 amide bonds. The fraction of sp³-hybridized carbons (Fsp3) is 0.786. The molecule has 16 heavy (non-hydrogen) atoms. The van der Waals surface area contributed by atoms with Crippen LogP contribution in [0.2, 0.25) is 0 Å². The van der Waals surface area contributed by atoms with E-state index in [2.05, 4.69) is 26.8 Å². The van der Waals surface area contributed by atoms with Crippen LogP contribution in [0.3, 0.4) is 0 Å². The number of hydrogen-bond donors (Lipinski definition) is 0. The van der Waals surface area contributed by atoms with E-state index in [1.807, 2.05) is 6.92 Å². The van der Waals surface area contributed by atoms with Gasteiger partial charge in [-0.3, -0.25) is 4.79 Å². The Morgan fingerprint density at radius 2 is 2.19 bits per heavy atom. The molecule has 92 valence electrons. The molecule has 1 aliphatic rings. The van der Waals surface area contributed by atoms with Gasteiger partial charge in [0.2, 0.25) is 0 Å². The molecule has 0 aromatic heterocycles. The zero-order valence-electron chi connectivity index (χ0n) is 11.0. The summed E-state index contributed by atoms with van der Waals surface area (Å²) in [7, 11) is 0. The van der Waals surface area contributed by atoms with Crippen molar-refractivity contribution in [2.24, 2.45) is 17.8 Å². The van der Waals surface area contributed by atoms with Gasteiger partial charge in [-0.05, 0) is 51.9 Å². The average Bonchev–Trinajstić information content (AvgIpc) is 2.96. The van der Waals surface area contributed by atoms with E-state index in [4.69, 9.17) is 4.74 Å². The normalized spacial score (nSPS) is 24.8. The van der Waals surface area contributed by atoms with Crippen LogP contribution in [0.1, 0.15) is 47.0 Å². The van der Waals surface area contributed by atoms with Crippen molar-refractivity contribution in [2.45, 2.75) is 47.0 Å². The van der Waals surface area contributed by atoms with Crippen LogP contribution in [0.5, 0.6) is 0 Å². The van der Waals surface area contributed by atoms with Crippen LogP contribution in [0.15, 0.2) is 11.6 Å². The van der Waals surface area contributed by atoms with Gasteiger partial charge >= 0.3 is 5.97 Å². The second kappa shape index (κ2) is 6.07. The lowest BCUT2D eigenvalue weighted by Crippen LogP contribution is -2.10. The van der Waals surface area contributed by atoms with E-state index in [-0.39, 0.29) is 11.9 Å². The fourth-order valence-corrected chi connectivity index (χ4v) is 2.21. The molecule has 0 heterocycles. The van der Waals surface area contributed by atoms with Gasteiger partial charge in [0.05, 0.1) is 12.5 Å². The SMILES string of the molecule is CCOC(=O)C1CC1C(C)CCC=C(C)C. The maximum absolute atomic E-state index is 11.5. The summed E-state index contributed by atoms with van der Waals surface area (Å²) >= 11 is 0. The molecule has 3 atom stereocenters. The molecule has 2 nitrogen and oxygen atoms in total. The third kappa shape index (κ3) is 3.99. The van der Waals surface area contributed by atoms with Crippen molar-refractivity contribution in [2.75, 3.05) is 6.61 Å². The largest absolute Gasteiger partial charge is 0.466 e. The average molecular weight is 224 g/mol. The molecule has 1 saturated carbocycles. The van der Waals surface area contributed by atoms with Crippen molar-refractivity contribution >= 4 is 5.97 Å². The van der Waals surface area contributed by atoms with Crippen molar-refractivity contribution in [3.63, 3.8) is 0 Å². The minimum atomic E-state index is 0.0153. The van der Waals surface area contributed by atoms with E-state index in [0.29, 0.717) is 18.4 Å². The summed E-state index contributed by atoms with van der Waals surface area (Å²) in [5.74, 6) is 1.43. The number of carbonyl (C=O) groups excluding carboxylic acids is 1. The molecular weight excluding hydrogens is 200 g/mol. The van der Waals surface area contributed by atoms with E-state index in [0.717, 1.165) is 12.8 Å². The summed E-state index contributed by atoms with van der Waals surface area (Å²) in [6.45, 7) is 8.89. The standard InChI is InChI=1S/C14H24O2/c1-5-16-14(15)13-9-12(13)11(4)8-6-7-10(2)3/h7,11-13H,5-6,8-9H2,1-4H3. The lowest BCUT2D eigenvalue weighted by atomic mass is 9.98. The van der Waals surface area contributed by atoms with E-state index < -0.39 is 0 Å². The molecule has 0 spiro atoms. The monoisotopic (exact) mass is 224 g/mol. The topological polar surface area (TPSA) is 26.3 Å². The molecule has 0 aliphatic heterocycles.